The Morgan fingerprint density at radius 3 is 2.60 bits per heavy atom. The number of amides is 1. The van der Waals surface area contributed by atoms with Crippen LogP contribution in [0.5, 0.6) is 0 Å². The van der Waals surface area contributed by atoms with Gasteiger partial charge in [0, 0.05) is 15.9 Å². The van der Waals surface area contributed by atoms with Crippen molar-refractivity contribution in [3.63, 3.8) is 0 Å². The molecule has 20 heavy (non-hydrogen) atoms. The minimum atomic E-state index is -0.790. The fourth-order valence-corrected chi connectivity index (χ4v) is 2.48. The second-order valence-corrected chi connectivity index (χ2v) is 6.44. The highest BCUT2D eigenvalue weighted by molar-refractivity contribution is 9.10. The van der Waals surface area contributed by atoms with Crippen molar-refractivity contribution >= 4 is 39.6 Å². The maximum atomic E-state index is 11.6. The van der Waals surface area contributed by atoms with Crippen LogP contribution in [0, 0.1) is 5.92 Å². The number of nitrogens with one attached hydrogen (secondary N) is 1. The summed E-state index contributed by atoms with van der Waals surface area (Å²) in [5.74, 6) is -0.803. The van der Waals surface area contributed by atoms with E-state index in [0.717, 1.165) is 9.37 Å². The fraction of sp³-hybridized carbons (Fsp3) is 0.429. The first kappa shape index (κ1) is 17.0. The van der Waals surface area contributed by atoms with E-state index < -0.39 is 5.97 Å². The van der Waals surface area contributed by atoms with Gasteiger partial charge in [0.05, 0.1) is 11.7 Å². The van der Waals surface area contributed by atoms with Gasteiger partial charge >= 0.3 is 5.97 Å². The summed E-state index contributed by atoms with van der Waals surface area (Å²) in [6, 6.07) is 7.79. The van der Waals surface area contributed by atoms with Gasteiger partial charge in [0.25, 0.3) is 0 Å². The van der Waals surface area contributed by atoms with Crippen molar-refractivity contribution in [3.8, 4) is 0 Å². The summed E-state index contributed by atoms with van der Waals surface area (Å²) < 4.78 is 1.01. The van der Waals surface area contributed by atoms with Gasteiger partial charge in [-0.2, -0.15) is 0 Å². The molecular weight excluding hydrogens is 342 g/mol. The molecule has 4 nitrogen and oxygen atoms in total. The average molecular weight is 360 g/mol. The smallest absolute Gasteiger partial charge is 0.306 e. The molecule has 0 aromatic heterocycles. The number of rotatable bonds is 8. The quantitative estimate of drug-likeness (QED) is 0.552. The first-order valence-electron chi connectivity index (χ1n) is 6.37. The van der Waals surface area contributed by atoms with Crippen molar-refractivity contribution < 1.29 is 14.7 Å². The zero-order chi connectivity index (χ0) is 15.0. The van der Waals surface area contributed by atoms with Gasteiger partial charge < -0.3 is 10.4 Å². The van der Waals surface area contributed by atoms with Crippen LogP contribution in [0.4, 0.5) is 0 Å². The number of hydrogen-bond acceptors (Lipinski definition) is 3. The van der Waals surface area contributed by atoms with E-state index in [1.807, 2.05) is 24.3 Å². The lowest BCUT2D eigenvalue weighted by Crippen LogP contribution is -2.26. The predicted octanol–water partition coefficient (Wildman–Crippen LogP) is 3.16. The van der Waals surface area contributed by atoms with E-state index in [9.17, 15) is 9.59 Å². The van der Waals surface area contributed by atoms with Crippen LogP contribution in [0.15, 0.2) is 33.6 Å². The molecule has 1 amide bonds. The van der Waals surface area contributed by atoms with Crippen molar-refractivity contribution in [2.45, 2.75) is 24.7 Å². The molecule has 1 atom stereocenters. The predicted molar refractivity (Wildman–Crippen MR) is 83.9 cm³/mol. The molecule has 0 heterocycles. The van der Waals surface area contributed by atoms with E-state index in [1.54, 1.807) is 6.92 Å². The number of carboxylic acid groups (broad SMARTS) is 1. The van der Waals surface area contributed by atoms with Crippen molar-refractivity contribution in [2.24, 2.45) is 5.92 Å². The number of carbonyl (C=O) groups is 2. The molecule has 0 fully saturated rings. The minimum absolute atomic E-state index is 0.0269. The highest BCUT2D eigenvalue weighted by atomic mass is 79.9. The van der Waals surface area contributed by atoms with Gasteiger partial charge in [0.2, 0.25) is 5.91 Å². The molecule has 110 valence electrons. The van der Waals surface area contributed by atoms with Gasteiger partial charge in [-0.05, 0) is 37.1 Å². The van der Waals surface area contributed by atoms with E-state index in [-0.39, 0.29) is 11.8 Å². The molecule has 0 aliphatic carbocycles. The van der Waals surface area contributed by atoms with Crippen molar-refractivity contribution in [1.82, 2.24) is 5.32 Å². The van der Waals surface area contributed by atoms with E-state index in [1.165, 1.54) is 11.8 Å². The zero-order valence-electron chi connectivity index (χ0n) is 11.3. The third kappa shape index (κ3) is 6.96. The number of carboxylic acids is 1. The van der Waals surface area contributed by atoms with Gasteiger partial charge in [-0.3, -0.25) is 9.59 Å². The normalized spacial score (nSPS) is 11.9. The standard InChI is InChI=1S/C14H18BrNO3S/c1-10(14(18)19)3-2-8-16-13(17)9-20-12-6-4-11(15)5-7-12/h4-7,10H,2-3,8-9H2,1H3,(H,16,17)(H,18,19). The number of thioether (sulfide) groups is 1. The fourth-order valence-electron chi connectivity index (χ4n) is 1.49. The summed E-state index contributed by atoms with van der Waals surface area (Å²) in [7, 11) is 0. The van der Waals surface area contributed by atoms with Crippen LogP contribution in [0.2, 0.25) is 0 Å². The number of benzene rings is 1. The monoisotopic (exact) mass is 359 g/mol. The Kier molecular flexibility index (Phi) is 7.69. The van der Waals surface area contributed by atoms with Crippen LogP contribution in [0.25, 0.3) is 0 Å². The summed E-state index contributed by atoms with van der Waals surface area (Å²) in [5.41, 5.74) is 0. The Balaban J connectivity index is 2.14. The topological polar surface area (TPSA) is 66.4 Å². The van der Waals surface area contributed by atoms with Crippen LogP contribution >= 0.6 is 27.7 Å². The van der Waals surface area contributed by atoms with Gasteiger partial charge in [-0.15, -0.1) is 11.8 Å². The molecule has 0 aliphatic heterocycles. The van der Waals surface area contributed by atoms with Crippen LogP contribution in [-0.4, -0.2) is 29.3 Å². The zero-order valence-corrected chi connectivity index (χ0v) is 13.7. The van der Waals surface area contributed by atoms with E-state index in [4.69, 9.17) is 5.11 Å². The molecule has 1 unspecified atom stereocenters. The first-order valence-corrected chi connectivity index (χ1v) is 8.14. The van der Waals surface area contributed by atoms with Crippen molar-refractivity contribution in [1.29, 1.82) is 0 Å². The van der Waals surface area contributed by atoms with E-state index in [2.05, 4.69) is 21.2 Å². The molecular formula is C14H18BrNO3S. The largest absolute Gasteiger partial charge is 0.481 e. The molecule has 0 radical (unpaired) electrons. The molecule has 0 aliphatic rings. The number of carbonyl (C=O) groups excluding carboxylic acids is 1. The second-order valence-electron chi connectivity index (χ2n) is 4.47. The lowest BCUT2D eigenvalue weighted by atomic mass is 10.1. The molecule has 1 rings (SSSR count). The maximum Gasteiger partial charge on any atom is 0.306 e. The van der Waals surface area contributed by atoms with Crippen LogP contribution in [-0.2, 0) is 9.59 Å². The molecule has 6 heteroatoms. The Hall–Kier alpha value is -1.01. The van der Waals surface area contributed by atoms with Gasteiger partial charge in [0.15, 0.2) is 0 Å². The molecule has 0 spiro atoms. The first-order chi connectivity index (χ1) is 9.49. The lowest BCUT2D eigenvalue weighted by molar-refractivity contribution is -0.141. The molecule has 0 saturated heterocycles. The summed E-state index contributed by atoms with van der Waals surface area (Å²) in [6.45, 7) is 2.20. The maximum absolute atomic E-state index is 11.6. The Labute approximate surface area is 131 Å². The average Bonchev–Trinajstić information content (AvgIpc) is 2.42. The van der Waals surface area contributed by atoms with Crippen molar-refractivity contribution in [3.05, 3.63) is 28.7 Å². The van der Waals surface area contributed by atoms with E-state index >= 15 is 0 Å². The molecule has 0 bridgehead atoms. The second kappa shape index (κ2) is 9.02. The molecule has 2 N–H and O–H groups in total. The number of hydrogen-bond donors (Lipinski definition) is 2. The summed E-state index contributed by atoms with van der Waals surface area (Å²) in [6.07, 6.45) is 1.26. The Morgan fingerprint density at radius 1 is 1.35 bits per heavy atom. The van der Waals surface area contributed by atoms with Crippen LogP contribution < -0.4 is 5.32 Å². The third-order valence-corrected chi connectivity index (χ3v) is 4.28. The van der Waals surface area contributed by atoms with Crippen LogP contribution in [0.1, 0.15) is 19.8 Å². The number of aliphatic carboxylic acids is 1. The van der Waals surface area contributed by atoms with Gasteiger partial charge in [-0.1, -0.05) is 22.9 Å². The Morgan fingerprint density at radius 2 is 2.00 bits per heavy atom. The highest BCUT2D eigenvalue weighted by Crippen LogP contribution is 2.20. The van der Waals surface area contributed by atoms with Crippen LogP contribution in [0.3, 0.4) is 0 Å². The van der Waals surface area contributed by atoms with Gasteiger partial charge in [-0.25, -0.2) is 0 Å². The SMILES string of the molecule is CC(CCCNC(=O)CSc1ccc(Br)cc1)C(=O)O. The third-order valence-electron chi connectivity index (χ3n) is 2.74. The van der Waals surface area contributed by atoms with Gasteiger partial charge in [0.1, 0.15) is 0 Å². The molecule has 1 aromatic carbocycles. The number of halogens is 1. The molecule has 0 saturated carbocycles. The summed E-state index contributed by atoms with van der Waals surface area (Å²) in [4.78, 5) is 23.3. The lowest BCUT2D eigenvalue weighted by Gasteiger charge is -2.07. The van der Waals surface area contributed by atoms with Crippen molar-refractivity contribution in [2.75, 3.05) is 12.3 Å². The highest BCUT2D eigenvalue weighted by Gasteiger charge is 2.10. The van der Waals surface area contributed by atoms with E-state index in [0.29, 0.717) is 25.1 Å². The molecule has 1 aromatic rings. The summed E-state index contributed by atoms with van der Waals surface area (Å²) in [5, 5.41) is 11.5. The Bertz CT molecular complexity index is 450. The summed E-state index contributed by atoms with van der Waals surface area (Å²) >= 11 is 4.84. The minimum Gasteiger partial charge on any atom is -0.481 e.